The summed E-state index contributed by atoms with van der Waals surface area (Å²) in [7, 11) is 0. The summed E-state index contributed by atoms with van der Waals surface area (Å²) in [5, 5.41) is 9.36. The lowest BCUT2D eigenvalue weighted by molar-refractivity contribution is 0.475. The molecule has 1 nitrogen and oxygen atoms in total. The van der Waals surface area contributed by atoms with Gasteiger partial charge < -0.3 is 5.11 Å². The molecule has 118 valence electrons. The Hall–Kier alpha value is -2.80. The van der Waals surface area contributed by atoms with Crippen molar-refractivity contribution < 1.29 is 5.11 Å². The molecule has 0 amide bonds. The van der Waals surface area contributed by atoms with Crippen LogP contribution in [0, 0.1) is 0 Å². The second-order valence-electron chi connectivity index (χ2n) is 6.41. The Balaban J connectivity index is 1.50. The van der Waals surface area contributed by atoms with Gasteiger partial charge in [0.2, 0.25) is 0 Å². The number of aromatic hydroxyl groups is 1. The summed E-state index contributed by atoms with van der Waals surface area (Å²) in [5.41, 5.74) is 8.13. The van der Waals surface area contributed by atoms with E-state index in [1.54, 1.807) is 12.1 Å². The van der Waals surface area contributed by atoms with Gasteiger partial charge in [0.05, 0.1) is 0 Å². The van der Waals surface area contributed by atoms with Gasteiger partial charge in [0.1, 0.15) is 5.75 Å². The van der Waals surface area contributed by atoms with E-state index < -0.39 is 0 Å². The maximum absolute atomic E-state index is 9.36. The monoisotopic (exact) mass is 312 g/mol. The standard InChI is InChI=1S/C23H20O/c24-23-12-9-17(10-13-23)6-7-18-8-11-20-15-22(16-21(20)14-18)19-4-2-1-3-5-19/h1-5,8-14,16,24H,6-7,15H2. The van der Waals surface area contributed by atoms with Crippen LogP contribution < -0.4 is 0 Å². The second-order valence-corrected chi connectivity index (χ2v) is 6.41. The third-order valence-electron chi connectivity index (χ3n) is 4.70. The minimum absolute atomic E-state index is 0.329. The summed E-state index contributed by atoms with van der Waals surface area (Å²) in [6.07, 6.45) is 5.37. The largest absolute Gasteiger partial charge is 0.508 e. The van der Waals surface area contributed by atoms with E-state index >= 15 is 0 Å². The van der Waals surface area contributed by atoms with Crippen molar-refractivity contribution in [3.8, 4) is 5.75 Å². The zero-order chi connectivity index (χ0) is 16.4. The lowest BCUT2D eigenvalue weighted by atomic mass is 10.00. The highest BCUT2D eigenvalue weighted by Crippen LogP contribution is 2.32. The van der Waals surface area contributed by atoms with E-state index in [2.05, 4.69) is 54.6 Å². The van der Waals surface area contributed by atoms with Crippen molar-refractivity contribution in [2.75, 3.05) is 0 Å². The number of rotatable bonds is 4. The first-order valence-corrected chi connectivity index (χ1v) is 8.44. The summed E-state index contributed by atoms with van der Waals surface area (Å²) < 4.78 is 0. The minimum atomic E-state index is 0.329. The van der Waals surface area contributed by atoms with Crippen molar-refractivity contribution in [2.45, 2.75) is 19.3 Å². The highest BCUT2D eigenvalue weighted by molar-refractivity contribution is 5.88. The molecule has 0 unspecified atom stereocenters. The lowest BCUT2D eigenvalue weighted by Crippen LogP contribution is -1.93. The number of fused-ring (bicyclic) bond motifs is 1. The van der Waals surface area contributed by atoms with Crippen LogP contribution >= 0.6 is 0 Å². The predicted molar refractivity (Wildman–Crippen MR) is 100.0 cm³/mol. The zero-order valence-electron chi connectivity index (χ0n) is 13.6. The van der Waals surface area contributed by atoms with Gasteiger partial charge in [0.15, 0.2) is 0 Å². The SMILES string of the molecule is Oc1ccc(CCc2ccc3c(c2)C=C(c2ccccc2)C3)cc1. The molecule has 1 heteroatoms. The van der Waals surface area contributed by atoms with Crippen LogP contribution in [0.1, 0.15) is 27.8 Å². The lowest BCUT2D eigenvalue weighted by Gasteiger charge is -2.05. The molecule has 0 saturated heterocycles. The maximum Gasteiger partial charge on any atom is 0.115 e. The van der Waals surface area contributed by atoms with Crippen molar-refractivity contribution >= 4 is 11.6 Å². The summed E-state index contributed by atoms with van der Waals surface area (Å²) in [4.78, 5) is 0. The molecule has 24 heavy (non-hydrogen) atoms. The van der Waals surface area contributed by atoms with Crippen LogP contribution in [0.3, 0.4) is 0 Å². The molecule has 1 N–H and O–H groups in total. The Morgan fingerprint density at radius 2 is 1.46 bits per heavy atom. The first-order valence-electron chi connectivity index (χ1n) is 8.44. The molecule has 0 heterocycles. The first kappa shape index (κ1) is 14.8. The summed E-state index contributed by atoms with van der Waals surface area (Å²) in [5.74, 6) is 0.329. The van der Waals surface area contributed by atoms with Crippen LogP contribution in [-0.2, 0) is 19.3 Å². The van der Waals surface area contributed by atoms with Crippen molar-refractivity contribution in [3.05, 3.63) is 101 Å². The molecule has 1 aliphatic carbocycles. The topological polar surface area (TPSA) is 20.2 Å². The molecule has 0 atom stereocenters. The van der Waals surface area contributed by atoms with Gasteiger partial charge in [0, 0.05) is 0 Å². The Bertz CT molecular complexity index is 874. The first-order chi connectivity index (χ1) is 11.8. The molecule has 0 aromatic heterocycles. The van der Waals surface area contributed by atoms with Crippen LogP contribution in [-0.4, -0.2) is 5.11 Å². The molecule has 0 bridgehead atoms. The molecule has 3 aromatic carbocycles. The number of benzene rings is 3. The quantitative estimate of drug-likeness (QED) is 0.695. The molecule has 3 aromatic rings. The number of phenolic OH excluding ortho intramolecular Hbond substituents is 1. The molecule has 0 spiro atoms. The number of aryl methyl sites for hydroxylation is 2. The van der Waals surface area contributed by atoms with Crippen LogP contribution in [0.15, 0.2) is 72.8 Å². The Morgan fingerprint density at radius 1 is 0.750 bits per heavy atom. The molecular weight excluding hydrogens is 292 g/mol. The van der Waals surface area contributed by atoms with Gasteiger partial charge in [-0.3, -0.25) is 0 Å². The van der Waals surface area contributed by atoms with E-state index in [1.807, 2.05) is 12.1 Å². The predicted octanol–water partition coefficient (Wildman–Crippen LogP) is 5.27. The number of hydrogen-bond acceptors (Lipinski definition) is 1. The van der Waals surface area contributed by atoms with Gasteiger partial charge >= 0.3 is 0 Å². The Kier molecular flexibility index (Phi) is 3.92. The van der Waals surface area contributed by atoms with Crippen molar-refractivity contribution in [3.63, 3.8) is 0 Å². The van der Waals surface area contributed by atoms with Crippen molar-refractivity contribution in [1.29, 1.82) is 0 Å². The van der Waals surface area contributed by atoms with E-state index in [1.165, 1.54) is 33.4 Å². The molecule has 0 fully saturated rings. The highest BCUT2D eigenvalue weighted by atomic mass is 16.3. The van der Waals surface area contributed by atoms with Crippen LogP contribution in [0.25, 0.3) is 11.6 Å². The van der Waals surface area contributed by atoms with E-state index in [0.29, 0.717) is 5.75 Å². The van der Waals surface area contributed by atoms with E-state index in [4.69, 9.17) is 0 Å². The second kappa shape index (κ2) is 6.37. The van der Waals surface area contributed by atoms with E-state index in [-0.39, 0.29) is 0 Å². The normalized spacial score (nSPS) is 12.8. The van der Waals surface area contributed by atoms with Crippen LogP contribution in [0.4, 0.5) is 0 Å². The fourth-order valence-corrected chi connectivity index (χ4v) is 3.33. The number of phenols is 1. The summed E-state index contributed by atoms with van der Waals surface area (Å²) in [6.45, 7) is 0. The Morgan fingerprint density at radius 3 is 2.25 bits per heavy atom. The Labute approximate surface area is 142 Å². The van der Waals surface area contributed by atoms with Gasteiger partial charge in [-0.2, -0.15) is 0 Å². The number of hydrogen-bond donors (Lipinski definition) is 1. The van der Waals surface area contributed by atoms with E-state index in [9.17, 15) is 5.11 Å². The summed E-state index contributed by atoms with van der Waals surface area (Å²) in [6, 6.07) is 25.0. The molecule has 0 saturated carbocycles. The van der Waals surface area contributed by atoms with Gasteiger partial charge in [-0.15, -0.1) is 0 Å². The van der Waals surface area contributed by atoms with Gasteiger partial charge in [-0.25, -0.2) is 0 Å². The smallest absolute Gasteiger partial charge is 0.115 e. The van der Waals surface area contributed by atoms with E-state index in [0.717, 1.165) is 19.3 Å². The average Bonchev–Trinajstić information content (AvgIpc) is 3.05. The van der Waals surface area contributed by atoms with Crippen molar-refractivity contribution in [1.82, 2.24) is 0 Å². The van der Waals surface area contributed by atoms with Crippen LogP contribution in [0.5, 0.6) is 5.75 Å². The van der Waals surface area contributed by atoms with Gasteiger partial charge in [0.25, 0.3) is 0 Å². The summed E-state index contributed by atoms with van der Waals surface area (Å²) >= 11 is 0. The maximum atomic E-state index is 9.36. The third kappa shape index (κ3) is 3.11. The fourth-order valence-electron chi connectivity index (χ4n) is 3.33. The molecule has 0 radical (unpaired) electrons. The number of allylic oxidation sites excluding steroid dienone is 1. The fraction of sp³-hybridized carbons (Fsp3) is 0.130. The van der Waals surface area contributed by atoms with Gasteiger partial charge in [-0.1, -0.05) is 66.7 Å². The average molecular weight is 312 g/mol. The molecular formula is C23H20O. The van der Waals surface area contributed by atoms with Crippen molar-refractivity contribution in [2.24, 2.45) is 0 Å². The highest BCUT2D eigenvalue weighted by Gasteiger charge is 2.14. The molecule has 0 aliphatic heterocycles. The molecule has 1 aliphatic rings. The van der Waals surface area contributed by atoms with Crippen LogP contribution in [0.2, 0.25) is 0 Å². The molecule has 4 rings (SSSR count). The van der Waals surface area contributed by atoms with Gasteiger partial charge in [-0.05, 0) is 64.8 Å². The third-order valence-corrected chi connectivity index (χ3v) is 4.70. The minimum Gasteiger partial charge on any atom is -0.508 e. The zero-order valence-corrected chi connectivity index (χ0v) is 13.6.